The second-order valence-electron chi connectivity index (χ2n) is 4.74. The Morgan fingerprint density at radius 2 is 1.79 bits per heavy atom. The third kappa shape index (κ3) is 3.58. The second-order valence-corrected chi connectivity index (χ2v) is 4.74. The normalized spacial score (nSPS) is 21.4. The summed E-state index contributed by atoms with van der Waals surface area (Å²) in [6.07, 6.45) is 4.90. The first-order valence-corrected chi connectivity index (χ1v) is 6.03. The van der Waals surface area contributed by atoms with Crippen molar-refractivity contribution in [1.82, 2.24) is 5.32 Å². The van der Waals surface area contributed by atoms with E-state index >= 15 is 0 Å². The van der Waals surface area contributed by atoms with Gasteiger partial charge in [0.1, 0.15) is 0 Å². The maximum atomic E-state index is 5.38. The molecule has 1 rings (SSSR count). The average Bonchev–Trinajstić information content (AvgIpc) is 2.20. The highest BCUT2D eigenvalue weighted by Gasteiger charge is 2.26. The molecular formula is C12H25NO. The summed E-state index contributed by atoms with van der Waals surface area (Å²) in [5.41, 5.74) is 0.334. The average molecular weight is 199 g/mol. The van der Waals surface area contributed by atoms with E-state index in [4.69, 9.17) is 4.74 Å². The lowest BCUT2D eigenvalue weighted by Gasteiger charge is -2.35. The molecule has 0 aliphatic carbocycles. The van der Waals surface area contributed by atoms with E-state index in [0.717, 1.165) is 32.0 Å². The van der Waals surface area contributed by atoms with Crippen molar-refractivity contribution in [2.45, 2.75) is 52.0 Å². The minimum atomic E-state index is 0.334. The molecule has 0 amide bonds. The highest BCUT2D eigenvalue weighted by Crippen LogP contribution is 2.20. The minimum absolute atomic E-state index is 0.334. The minimum Gasteiger partial charge on any atom is -0.381 e. The van der Waals surface area contributed by atoms with Gasteiger partial charge in [-0.1, -0.05) is 26.7 Å². The molecule has 0 saturated carbocycles. The Labute approximate surface area is 88.4 Å². The van der Waals surface area contributed by atoms with Crippen molar-refractivity contribution < 1.29 is 4.74 Å². The Kier molecular flexibility index (Phi) is 4.90. The first-order valence-electron chi connectivity index (χ1n) is 6.03. The Bertz CT molecular complexity index is 148. The Morgan fingerprint density at radius 1 is 1.21 bits per heavy atom. The largest absolute Gasteiger partial charge is 0.381 e. The summed E-state index contributed by atoms with van der Waals surface area (Å²) in [6, 6.07) is 0. The molecule has 0 aromatic rings. The lowest BCUT2D eigenvalue weighted by Crippen LogP contribution is -2.48. The standard InChI is InChI=1S/C12H25NO/c1-4-11(5-2)10-13-12(3)6-8-14-9-7-12/h11,13H,4-10H2,1-3H3. The second kappa shape index (κ2) is 5.72. The zero-order valence-corrected chi connectivity index (χ0v) is 9.94. The highest BCUT2D eigenvalue weighted by molar-refractivity contribution is 4.85. The third-order valence-electron chi connectivity index (χ3n) is 3.57. The summed E-state index contributed by atoms with van der Waals surface area (Å²) in [5.74, 6) is 0.842. The molecule has 1 fully saturated rings. The van der Waals surface area contributed by atoms with Gasteiger partial charge in [0, 0.05) is 18.8 Å². The molecule has 0 bridgehead atoms. The number of nitrogens with one attached hydrogen (secondary N) is 1. The van der Waals surface area contributed by atoms with Gasteiger partial charge in [-0.3, -0.25) is 0 Å². The van der Waals surface area contributed by atoms with Crippen molar-refractivity contribution in [1.29, 1.82) is 0 Å². The molecule has 1 aliphatic rings. The maximum Gasteiger partial charge on any atom is 0.0483 e. The van der Waals surface area contributed by atoms with Gasteiger partial charge in [-0.2, -0.15) is 0 Å². The lowest BCUT2D eigenvalue weighted by atomic mass is 9.91. The summed E-state index contributed by atoms with van der Waals surface area (Å²) in [5, 5.41) is 3.72. The molecule has 0 unspecified atom stereocenters. The van der Waals surface area contributed by atoms with E-state index in [0.29, 0.717) is 5.54 Å². The zero-order chi connectivity index (χ0) is 10.4. The molecule has 0 spiro atoms. The van der Waals surface area contributed by atoms with E-state index in [1.54, 1.807) is 0 Å². The molecule has 0 atom stereocenters. The first kappa shape index (κ1) is 12.0. The maximum absolute atomic E-state index is 5.38. The fourth-order valence-corrected chi connectivity index (χ4v) is 1.97. The molecule has 84 valence electrons. The Hall–Kier alpha value is -0.0800. The topological polar surface area (TPSA) is 21.3 Å². The first-order chi connectivity index (χ1) is 6.70. The fourth-order valence-electron chi connectivity index (χ4n) is 1.97. The predicted molar refractivity (Wildman–Crippen MR) is 60.5 cm³/mol. The molecule has 14 heavy (non-hydrogen) atoms. The van der Waals surface area contributed by atoms with Crippen LogP contribution >= 0.6 is 0 Å². The monoisotopic (exact) mass is 199 g/mol. The van der Waals surface area contributed by atoms with Crippen molar-refractivity contribution in [2.75, 3.05) is 19.8 Å². The fraction of sp³-hybridized carbons (Fsp3) is 1.00. The van der Waals surface area contributed by atoms with Crippen LogP contribution in [0.2, 0.25) is 0 Å². The van der Waals surface area contributed by atoms with Crippen molar-refractivity contribution in [3.05, 3.63) is 0 Å². The van der Waals surface area contributed by atoms with E-state index in [1.807, 2.05) is 0 Å². The van der Waals surface area contributed by atoms with Crippen LogP contribution in [-0.2, 0) is 4.74 Å². The number of hydrogen-bond acceptors (Lipinski definition) is 2. The lowest BCUT2D eigenvalue weighted by molar-refractivity contribution is 0.0436. The van der Waals surface area contributed by atoms with Crippen molar-refractivity contribution in [3.8, 4) is 0 Å². The van der Waals surface area contributed by atoms with Gasteiger partial charge in [-0.25, -0.2) is 0 Å². The Morgan fingerprint density at radius 3 is 2.29 bits per heavy atom. The third-order valence-corrected chi connectivity index (χ3v) is 3.57. The van der Waals surface area contributed by atoms with Crippen LogP contribution in [0.1, 0.15) is 46.5 Å². The number of ether oxygens (including phenoxy) is 1. The van der Waals surface area contributed by atoms with Crippen LogP contribution in [-0.4, -0.2) is 25.3 Å². The van der Waals surface area contributed by atoms with Gasteiger partial charge in [-0.05, 0) is 32.2 Å². The van der Waals surface area contributed by atoms with Gasteiger partial charge >= 0.3 is 0 Å². The number of rotatable bonds is 5. The van der Waals surface area contributed by atoms with Crippen LogP contribution in [0, 0.1) is 5.92 Å². The quantitative estimate of drug-likeness (QED) is 0.735. The van der Waals surface area contributed by atoms with Crippen molar-refractivity contribution >= 4 is 0 Å². The molecule has 2 heteroatoms. The van der Waals surface area contributed by atoms with Crippen molar-refractivity contribution in [2.24, 2.45) is 5.92 Å². The molecule has 1 saturated heterocycles. The van der Waals surface area contributed by atoms with Crippen LogP contribution in [0.5, 0.6) is 0 Å². The molecule has 1 aliphatic heterocycles. The van der Waals surface area contributed by atoms with Crippen molar-refractivity contribution in [3.63, 3.8) is 0 Å². The number of hydrogen-bond donors (Lipinski definition) is 1. The summed E-state index contributed by atoms with van der Waals surface area (Å²) in [6.45, 7) is 9.91. The van der Waals surface area contributed by atoms with Gasteiger partial charge in [0.2, 0.25) is 0 Å². The molecule has 0 radical (unpaired) electrons. The predicted octanol–water partition coefficient (Wildman–Crippen LogP) is 2.58. The van der Waals surface area contributed by atoms with Gasteiger partial charge < -0.3 is 10.1 Å². The molecule has 0 aromatic heterocycles. The summed E-state index contributed by atoms with van der Waals surface area (Å²) in [7, 11) is 0. The van der Waals surface area contributed by atoms with Crippen LogP contribution in [0.15, 0.2) is 0 Å². The smallest absolute Gasteiger partial charge is 0.0483 e. The van der Waals surface area contributed by atoms with Gasteiger partial charge in [0.05, 0.1) is 0 Å². The molecule has 1 N–H and O–H groups in total. The molecular weight excluding hydrogens is 174 g/mol. The van der Waals surface area contributed by atoms with E-state index in [2.05, 4.69) is 26.1 Å². The summed E-state index contributed by atoms with van der Waals surface area (Å²) < 4.78 is 5.38. The van der Waals surface area contributed by atoms with Crippen LogP contribution in [0.3, 0.4) is 0 Å². The molecule has 0 aromatic carbocycles. The summed E-state index contributed by atoms with van der Waals surface area (Å²) in [4.78, 5) is 0. The highest BCUT2D eigenvalue weighted by atomic mass is 16.5. The van der Waals surface area contributed by atoms with Gasteiger partial charge in [0.25, 0.3) is 0 Å². The summed E-state index contributed by atoms with van der Waals surface area (Å²) >= 11 is 0. The zero-order valence-electron chi connectivity index (χ0n) is 9.94. The van der Waals surface area contributed by atoms with E-state index in [1.165, 1.54) is 19.4 Å². The van der Waals surface area contributed by atoms with E-state index in [9.17, 15) is 0 Å². The van der Waals surface area contributed by atoms with E-state index in [-0.39, 0.29) is 0 Å². The van der Waals surface area contributed by atoms with Gasteiger partial charge in [-0.15, -0.1) is 0 Å². The van der Waals surface area contributed by atoms with Crippen LogP contribution in [0.25, 0.3) is 0 Å². The van der Waals surface area contributed by atoms with Crippen LogP contribution < -0.4 is 5.32 Å². The molecule has 2 nitrogen and oxygen atoms in total. The Balaban J connectivity index is 2.27. The molecule has 1 heterocycles. The SMILES string of the molecule is CCC(CC)CNC1(C)CCOCC1. The van der Waals surface area contributed by atoms with E-state index < -0.39 is 0 Å². The van der Waals surface area contributed by atoms with Crippen LogP contribution in [0.4, 0.5) is 0 Å². The van der Waals surface area contributed by atoms with Gasteiger partial charge in [0.15, 0.2) is 0 Å².